The Bertz CT molecular complexity index is 7730. The Morgan fingerprint density at radius 2 is 0.571 bits per heavy atom. The van der Waals surface area contributed by atoms with E-state index < -0.39 is 78.8 Å². The number of hydrogen-bond donors (Lipinski definition) is 0. The van der Waals surface area contributed by atoms with E-state index in [-0.39, 0.29) is 94.6 Å². The maximum absolute atomic E-state index is 14.0. The Kier molecular flexibility index (Phi) is 29.7. The average Bonchev–Trinajstić information content (AvgIpc) is 1.24. The minimum atomic E-state index is -4.16. The molecule has 0 radical (unpaired) electrons. The number of amides is 5. The van der Waals surface area contributed by atoms with Gasteiger partial charge in [0.15, 0.2) is 0 Å². The van der Waals surface area contributed by atoms with Gasteiger partial charge < -0.3 is 23.7 Å². The van der Waals surface area contributed by atoms with Crippen molar-refractivity contribution in [2.75, 3.05) is 89.9 Å². The second-order valence-corrected chi connectivity index (χ2v) is 52.4. The molecule has 0 N–H and O–H groups in total. The molecule has 24 rings (SSSR count). The van der Waals surface area contributed by atoms with Crippen molar-refractivity contribution < 1.29 is 98.5 Å². The summed E-state index contributed by atoms with van der Waals surface area (Å²) in [6, 6.07) is 71.9. The predicted molar refractivity (Wildman–Crippen MR) is 563 cm³/mol. The summed E-state index contributed by atoms with van der Waals surface area (Å²) in [5.74, 6) is -1.81. The number of para-hydroxylation sites is 3. The van der Waals surface area contributed by atoms with Crippen molar-refractivity contribution in [3.05, 3.63) is 298 Å². The number of anilines is 5. The number of ether oxygens (including phenoxy) is 5. The summed E-state index contributed by atoms with van der Waals surface area (Å²) in [7, 11) is -18.3. The van der Waals surface area contributed by atoms with Gasteiger partial charge in [-0.15, -0.1) is 45.3 Å². The van der Waals surface area contributed by atoms with Crippen molar-refractivity contribution in [2.24, 2.45) is 0 Å². The largest absolute Gasteiger partial charge is 0.444 e. The van der Waals surface area contributed by atoms with Crippen molar-refractivity contribution in [3.63, 3.8) is 0 Å². The van der Waals surface area contributed by atoms with Gasteiger partial charge in [0.25, 0.3) is 40.1 Å². The zero-order chi connectivity index (χ0) is 103. The molecule has 14 heterocycles. The molecule has 147 heavy (non-hydrogen) atoms. The monoisotopic (exact) mass is 2180 g/mol. The Morgan fingerprint density at radius 1 is 0.286 bits per heavy atom. The van der Waals surface area contributed by atoms with Gasteiger partial charge in [0.05, 0.1) is 28.4 Å². The van der Waals surface area contributed by atoms with Crippen LogP contribution in [0, 0.1) is 25.5 Å². The lowest BCUT2D eigenvalue weighted by molar-refractivity contribution is 0.135. The van der Waals surface area contributed by atoms with Gasteiger partial charge in [-0.1, -0.05) is 157 Å². The highest BCUT2D eigenvalue weighted by Crippen LogP contribution is 2.45. The zero-order valence-electron chi connectivity index (χ0n) is 79.6. The van der Waals surface area contributed by atoms with Gasteiger partial charge in [-0.25, -0.2) is 74.8 Å². The SMILES string of the molecule is Cc1ccc2c(c1)COC(=O)N2C1CCN(S(=O)(=O)c2cc3ccccc3s2)CC1.Cc1cccc2c1N(C1CCN(S(=O)(=O)c3cc4ccccc4s3)CC1)C(=O)OC2.O=C1OCc2cc(Cl)ccc2N1C1CCN(S(=O)(=O)c2cc3ccccc3s2)CC1.O=C1OCc2ccccc2N1C1CCN(S(=O)(=O)c2cc(F)ccc2F)CC1.O=C1OCc2ccccc2N1C1CCN(S(=O)(=O)c2cc3ccccc3s2)CC1. The van der Waals surface area contributed by atoms with Crippen LogP contribution >= 0.6 is 56.9 Å². The Morgan fingerprint density at radius 3 is 0.932 bits per heavy atom. The number of nitrogens with zero attached hydrogens (tertiary/aromatic N) is 10. The Hall–Kier alpha value is -11.9. The quantitative estimate of drug-likeness (QED) is 0.0860. The van der Waals surface area contributed by atoms with Crippen LogP contribution in [0.15, 0.2) is 264 Å². The molecule has 10 aliphatic rings. The Labute approximate surface area is 870 Å². The third kappa shape index (κ3) is 21.0. The highest BCUT2D eigenvalue weighted by Gasteiger charge is 2.46. The molecule has 5 amide bonds. The maximum atomic E-state index is 14.0. The first-order valence-electron chi connectivity index (χ1n) is 48.1. The highest BCUT2D eigenvalue weighted by molar-refractivity contribution is 7.92. The zero-order valence-corrected chi connectivity index (χ0v) is 87.7. The van der Waals surface area contributed by atoms with Crippen molar-refractivity contribution in [2.45, 2.75) is 163 Å². The van der Waals surface area contributed by atoms with E-state index in [0.29, 0.717) is 144 Å². The molecule has 766 valence electrons. The molecular formula is C105H101ClF2N10O20S9. The molecule has 0 atom stereocenters. The number of cyclic esters (lactones) is 5. The van der Waals surface area contributed by atoms with Gasteiger partial charge in [-0.05, 0) is 208 Å². The fourth-order valence-corrected chi connectivity index (χ4v) is 34.3. The molecule has 30 nitrogen and oxygen atoms in total. The molecule has 14 aromatic rings. The van der Waals surface area contributed by atoms with E-state index in [9.17, 15) is 74.8 Å². The van der Waals surface area contributed by atoms with Crippen molar-refractivity contribution in [3.8, 4) is 0 Å². The van der Waals surface area contributed by atoms with E-state index in [1.165, 1.54) is 54.0 Å². The molecule has 0 saturated carbocycles. The van der Waals surface area contributed by atoms with Crippen LogP contribution in [-0.2, 0) is 107 Å². The van der Waals surface area contributed by atoms with E-state index in [1.54, 1.807) is 69.5 Å². The lowest BCUT2D eigenvalue weighted by atomic mass is 10.00. The number of piperidine rings is 5. The van der Waals surface area contributed by atoms with Crippen LogP contribution in [-0.4, -0.2) is 190 Å². The molecular weight excluding hydrogens is 2080 g/mol. The van der Waals surface area contributed by atoms with Crippen LogP contribution in [0.5, 0.6) is 0 Å². The fraction of sp³-hybridized carbons (Fsp3) is 0.305. The Balaban J connectivity index is 0.000000112. The third-order valence-corrected chi connectivity index (χ3v) is 44.0. The minimum absolute atomic E-state index is 0.0715. The van der Waals surface area contributed by atoms with Crippen LogP contribution in [0.2, 0.25) is 5.02 Å². The predicted octanol–water partition coefficient (Wildman–Crippen LogP) is 21.4. The first-order chi connectivity index (χ1) is 70.7. The summed E-state index contributed by atoms with van der Waals surface area (Å²) in [4.78, 5) is 70.0. The first-order valence-corrected chi connectivity index (χ1v) is 58.9. The highest BCUT2D eigenvalue weighted by atomic mass is 35.5. The van der Waals surface area contributed by atoms with Gasteiger partial charge in [-0.2, -0.15) is 21.5 Å². The number of aryl methyl sites for hydroxylation is 2. The van der Waals surface area contributed by atoms with Gasteiger partial charge in [0.1, 0.15) is 66.4 Å². The number of thiophene rings is 4. The number of carbonyl (C=O) groups is 5. The number of halogens is 3. The molecule has 0 aliphatic carbocycles. The lowest BCUT2D eigenvalue weighted by Crippen LogP contribution is -2.50. The fourth-order valence-electron chi connectivity index (χ4n) is 20.5. The van der Waals surface area contributed by atoms with Crippen molar-refractivity contribution in [1.29, 1.82) is 0 Å². The molecule has 0 bridgehead atoms. The number of carbonyl (C=O) groups excluding carboxylic acids is 5. The van der Waals surface area contributed by atoms with E-state index in [1.807, 2.05) is 202 Å². The van der Waals surface area contributed by atoms with Crippen LogP contribution in [0.1, 0.15) is 103 Å². The summed E-state index contributed by atoms with van der Waals surface area (Å²) >= 11 is 11.3. The van der Waals surface area contributed by atoms with Gasteiger partial charge in [-0.3, -0.25) is 24.5 Å². The van der Waals surface area contributed by atoms with Gasteiger partial charge >= 0.3 is 30.5 Å². The second kappa shape index (κ2) is 42.6. The summed E-state index contributed by atoms with van der Waals surface area (Å²) in [6.45, 7) is 8.44. The minimum Gasteiger partial charge on any atom is -0.444 e. The first kappa shape index (κ1) is 102. The van der Waals surface area contributed by atoms with Crippen LogP contribution in [0.4, 0.5) is 61.2 Å². The van der Waals surface area contributed by atoms with E-state index in [2.05, 4.69) is 0 Å². The number of fused-ring (bicyclic) bond motifs is 9. The molecule has 42 heteroatoms. The average molecular weight is 2190 g/mol. The van der Waals surface area contributed by atoms with E-state index in [4.69, 9.17) is 35.3 Å². The molecule has 4 aromatic heterocycles. The molecule has 5 fully saturated rings. The molecule has 10 aromatic carbocycles. The topological polar surface area (TPSA) is 335 Å². The summed E-state index contributed by atoms with van der Waals surface area (Å²) in [6.07, 6.45) is 3.36. The molecule has 5 saturated heterocycles. The van der Waals surface area contributed by atoms with Crippen LogP contribution in [0.3, 0.4) is 0 Å². The van der Waals surface area contributed by atoms with Crippen LogP contribution in [0.25, 0.3) is 40.3 Å². The van der Waals surface area contributed by atoms with E-state index in [0.717, 1.165) is 124 Å². The third-order valence-electron chi connectivity index (χ3n) is 28.0. The summed E-state index contributed by atoms with van der Waals surface area (Å²) in [5, 5.41) is 4.36. The number of sulfonamides is 5. The van der Waals surface area contributed by atoms with Crippen LogP contribution < -0.4 is 24.5 Å². The van der Waals surface area contributed by atoms with Gasteiger partial charge in [0, 0.05) is 147 Å². The molecule has 0 spiro atoms. The van der Waals surface area contributed by atoms with Crippen molar-refractivity contribution >= 4 is 206 Å². The number of hydrogen-bond acceptors (Lipinski definition) is 24. The standard InChI is InChI=1S/2C22H22N2O4S2.C21H19ClN2O4S2.C21H20N2O4S2.C19H18F2N2O4S/c1-15-5-4-7-17-14-28-22(25)24(21(15)17)18-9-11-23(12-10-18)30(26,27)20-13-16-6-2-3-8-19(16)29-20;1-15-6-7-19-17(12-15)14-28-22(25)24(19)18-8-10-23(11-9-18)30(26,27)21-13-16-4-2-3-5-20(16)29-21;22-16-5-6-18-15(11-16)13-28-21(25)24(18)17-7-9-23(10-8-17)30(26,27)20-12-14-3-1-2-4-19(14)29-20;24-21-23(18-7-3-1-6-16(18)14-27-21)17-9-11-22(12-10-17)29(25,26)20-13-15-5-2-4-8-19(15)28-20;20-14-5-6-16(21)18(11-14)28(25,26)22-9-7-15(8-10-22)23-17-4-2-1-3-13(17)12-27-19(23)24/h2-8,13,18H,9-12,14H2,1H3;2-7,12-13,18H,8-11,14H2,1H3;1-6,11-12,17H,7-10,13H2;1-8,13,17H,9-12,14H2;1-6,11,15H,7-10,12H2. The lowest BCUT2D eigenvalue weighted by Gasteiger charge is -2.40. The molecule has 10 aliphatic heterocycles. The smallest absolute Gasteiger partial charge is 0.414 e. The van der Waals surface area contributed by atoms with E-state index >= 15 is 0 Å². The maximum Gasteiger partial charge on any atom is 0.414 e. The number of rotatable bonds is 15. The second-order valence-electron chi connectivity index (χ2n) is 37.0. The summed E-state index contributed by atoms with van der Waals surface area (Å²) in [5.41, 5.74) is 11.1. The molecule has 0 unspecified atom stereocenters. The van der Waals surface area contributed by atoms with Crippen molar-refractivity contribution in [1.82, 2.24) is 21.5 Å². The number of benzene rings is 10. The van der Waals surface area contributed by atoms with Gasteiger partial charge in [0.2, 0.25) is 10.0 Å². The normalized spacial score (nSPS) is 18.5. The summed E-state index contributed by atoms with van der Waals surface area (Å²) < 4.78 is 197.